The molecule has 0 aromatic carbocycles. The van der Waals surface area contributed by atoms with Crippen LogP contribution in [0.3, 0.4) is 0 Å². The van der Waals surface area contributed by atoms with Crippen LogP contribution in [0.25, 0.3) is 21.3 Å². The lowest BCUT2D eigenvalue weighted by Crippen LogP contribution is -2.35. The van der Waals surface area contributed by atoms with E-state index in [-0.39, 0.29) is 5.78 Å². The number of hydrogen-bond donors (Lipinski definition) is 0. The van der Waals surface area contributed by atoms with Gasteiger partial charge in [-0.3, -0.25) is 24.6 Å². The fourth-order valence-electron chi connectivity index (χ4n) is 3.28. The van der Waals surface area contributed by atoms with Gasteiger partial charge in [0.25, 0.3) is 0 Å². The Morgan fingerprint density at radius 1 is 1.04 bits per heavy atom. The van der Waals surface area contributed by atoms with E-state index in [1.807, 2.05) is 30.7 Å². The van der Waals surface area contributed by atoms with Crippen LogP contribution in [0, 0.1) is 0 Å². The van der Waals surface area contributed by atoms with E-state index in [2.05, 4.69) is 19.9 Å². The molecule has 0 unspecified atom stereocenters. The molecule has 0 spiro atoms. The van der Waals surface area contributed by atoms with Crippen LogP contribution in [-0.4, -0.2) is 45.3 Å². The van der Waals surface area contributed by atoms with Crippen molar-refractivity contribution in [3.63, 3.8) is 0 Å². The monoisotopic (exact) mass is 352 g/mol. The lowest BCUT2D eigenvalue weighted by atomic mass is 10.1. The van der Waals surface area contributed by atoms with Gasteiger partial charge < -0.3 is 0 Å². The van der Waals surface area contributed by atoms with Crippen molar-refractivity contribution in [2.45, 2.75) is 25.7 Å². The molecule has 3 aromatic rings. The minimum atomic E-state index is 0.241. The highest BCUT2D eigenvalue weighted by Crippen LogP contribution is 2.24. The number of carbonyl (C=O) groups is 1. The summed E-state index contributed by atoms with van der Waals surface area (Å²) in [7, 11) is 0. The standard InChI is InChI=1S/C19H20N4OS/c24-17(12-23-4-2-1-3-5-23)8-16-6-14-7-18(19-11-20-13-25-19)22-10-15(14)9-21-16/h6-7,9-11,13H,1-5,8,12H2. The van der Waals surface area contributed by atoms with Crippen LogP contribution < -0.4 is 0 Å². The van der Waals surface area contributed by atoms with Crippen molar-refractivity contribution in [1.82, 2.24) is 19.9 Å². The van der Waals surface area contributed by atoms with Gasteiger partial charge in [0.15, 0.2) is 5.78 Å². The minimum Gasteiger partial charge on any atom is -0.298 e. The number of carbonyl (C=O) groups excluding carboxylic acids is 1. The third-order valence-electron chi connectivity index (χ3n) is 4.57. The van der Waals surface area contributed by atoms with E-state index in [0.29, 0.717) is 13.0 Å². The molecule has 1 saturated heterocycles. The first kappa shape index (κ1) is 16.3. The Kier molecular flexibility index (Phi) is 4.81. The molecule has 1 fully saturated rings. The lowest BCUT2D eigenvalue weighted by molar-refractivity contribution is -0.119. The Morgan fingerprint density at radius 3 is 2.68 bits per heavy atom. The van der Waals surface area contributed by atoms with Gasteiger partial charge >= 0.3 is 0 Å². The Labute approximate surface area is 150 Å². The van der Waals surface area contributed by atoms with Crippen LogP contribution in [-0.2, 0) is 11.2 Å². The maximum absolute atomic E-state index is 12.4. The maximum Gasteiger partial charge on any atom is 0.152 e. The largest absolute Gasteiger partial charge is 0.298 e. The molecular weight excluding hydrogens is 332 g/mol. The molecule has 1 aliphatic heterocycles. The van der Waals surface area contributed by atoms with E-state index in [1.165, 1.54) is 19.3 Å². The van der Waals surface area contributed by atoms with Crippen LogP contribution in [0.2, 0.25) is 0 Å². The molecule has 5 nitrogen and oxygen atoms in total. The quantitative estimate of drug-likeness (QED) is 0.705. The molecule has 0 radical (unpaired) electrons. The van der Waals surface area contributed by atoms with Gasteiger partial charge in [-0.05, 0) is 43.5 Å². The summed E-state index contributed by atoms with van der Waals surface area (Å²) in [5, 5.41) is 2.05. The van der Waals surface area contributed by atoms with E-state index in [9.17, 15) is 4.79 Å². The molecule has 25 heavy (non-hydrogen) atoms. The number of rotatable bonds is 5. The van der Waals surface area contributed by atoms with Crippen molar-refractivity contribution in [3.8, 4) is 10.6 Å². The van der Waals surface area contributed by atoms with Gasteiger partial charge in [0.2, 0.25) is 0 Å². The number of thiazole rings is 1. The zero-order valence-electron chi connectivity index (χ0n) is 14.0. The Bertz CT molecular complexity index is 872. The summed E-state index contributed by atoms with van der Waals surface area (Å²) in [5.74, 6) is 0.241. The number of fused-ring (bicyclic) bond motifs is 1. The molecule has 1 aliphatic rings. The number of likely N-dealkylation sites (tertiary alicyclic amines) is 1. The van der Waals surface area contributed by atoms with Crippen LogP contribution >= 0.6 is 11.3 Å². The number of ketones is 1. The number of piperidine rings is 1. The first-order valence-corrected chi connectivity index (χ1v) is 9.53. The topological polar surface area (TPSA) is 59.0 Å². The van der Waals surface area contributed by atoms with E-state index >= 15 is 0 Å². The van der Waals surface area contributed by atoms with E-state index in [1.54, 1.807) is 16.8 Å². The zero-order valence-corrected chi connectivity index (χ0v) is 14.8. The first-order valence-electron chi connectivity index (χ1n) is 8.65. The molecule has 0 saturated carbocycles. The normalized spacial score (nSPS) is 15.5. The Morgan fingerprint density at radius 2 is 1.88 bits per heavy atom. The molecule has 0 atom stereocenters. The number of aromatic nitrogens is 3. The summed E-state index contributed by atoms with van der Waals surface area (Å²) in [6.07, 6.45) is 9.55. The van der Waals surface area contributed by atoms with Gasteiger partial charge in [0, 0.05) is 29.7 Å². The summed E-state index contributed by atoms with van der Waals surface area (Å²) >= 11 is 1.57. The molecule has 3 aromatic heterocycles. The van der Waals surface area contributed by atoms with Crippen molar-refractivity contribution < 1.29 is 4.79 Å². The van der Waals surface area contributed by atoms with Gasteiger partial charge in [-0.1, -0.05) is 6.42 Å². The lowest BCUT2D eigenvalue weighted by Gasteiger charge is -2.25. The van der Waals surface area contributed by atoms with Gasteiger partial charge in [-0.15, -0.1) is 11.3 Å². The van der Waals surface area contributed by atoms with Crippen molar-refractivity contribution >= 4 is 27.9 Å². The number of nitrogens with zero attached hydrogens (tertiary/aromatic N) is 4. The number of hydrogen-bond acceptors (Lipinski definition) is 6. The molecule has 4 heterocycles. The predicted octanol–water partition coefficient (Wildman–Crippen LogP) is 3.35. The second-order valence-electron chi connectivity index (χ2n) is 6.51. The molecule has 6 heteroatoms. The third kappa shape index (κ3) is 3.91. The molecular formula is C19H20N4OS. The summed E-state index contributed by atoms with van der Waals surface area (Å²) < 4.78 is 0. The fraction of sp³-hybridized carbons (Fsp3) is 0.368. The molecule has 0 aliphatic carbocycles. The number of pyridine rings is 2. The van der Waals surface area contributed by atoms with Gasteiger partial charge in [-0.2, -0.15) is 0 Å². The number of Topliss-reactive ketones (excluding diaryl/α,β-unsaturated/α-hetero) is 1. The molecule has 0 amide bonds. The van der Waals surface area contributed by atoms with Crippen LogP contribution in [0.1, 0.15) is 25.0 Å². The van der Waals surface area contributed by atoms with Crippen LogP contribution in [0.4, 0.5) is 0 Å². The van der Waals surface area contributed by atoms with Gasteiger partial charge in [-0.25, -0.2) is 0 Å². The second kappa shape index (κ2) is 7.37. The van der Waals surface area contributed by atoms with E-state index in [0.717, 1.165) is 40.1 Å². The van der Waals surface area contributed by atoms with Crippen molar-refractivity contribution in [2.24, 2.45) is 0 Å². The summed E-state index contributed by atoms with van der Waals surface area (Å²) in [6, 6.07) is 4.05. The summed E-state index contributed by atoms with van der Waals surface area (Å²) in [4.78, 5) is 28.7. The van der Waals surface area contributed by atoms with Crippen molar-refractivity contribution in [1.29, 1.82) is 0 Å². The predicted molar refractivity (Wildman–Crippen MR) is 99.6 cm³/mol. The van der Waals surface area contributed by atoms with Gasteiger partial charge in [0.1, 0.15) is 0 Å². The molecule has 128 valence electrons. The highest BCUT2D eigenvalue weighted by molar-refractivity contribution is 7.13. The van der Waals surface area contributed by atoms with E-state index < -0.39 is 0 Å². The average molecular weight is 352 g/mol. The van der Waals surface area contributed by atoms with Crippen LogP contribution in [0.15, 0.2) is 36.2 Å². The third-order valence-corrected chi connectivity index (χ3v) is 5.37. The SMILES string of the molecule is O=C(Cc1cc2cc(-c3cncs3)ncc2cn1)CN1CCCCC1. The molecule has 0 bridgehead atoms. The highest BCUT2D eigenvalue weighted by atomic mass is 32.1. The minimum absolute atomic E-state index is 0.241. The molecule has 4 rings (SSSR count). The Hall–Kier alpha value is -2.18. The second-order valence-corrected chi connectivity index (χ2v) is 7.40. The first-order chi connectivity index (χ1) is 12.3. The maximum atomic E-state index is 12.4. The van der Waals surface area contributed by atoms with E-state index in [4.69, 9.17) is 0 Å². The van der Waals surface area contributed by atoms with Gasteiger partial charge in [0.05, 0.1) is 29.0 Å². The van der Waals surface area contributed by atoms with Crippen molar-refractivity contribution in [2.75, 3.05) is 19.6 Å². The zero-order chi connectivity index (χ0) is 17.1. The van der Waals surface area contributed by atoms with Crippen molar-refractivity contribution in [3.05, 3.63) is 41.9 Å². The smallest absolute Gasteiger partial charge is 0.152 e. The summed E-state index contributed by atoms with van der Waals surface area (Å²) in [6.45, 7) is 2.63. The molecule has 0 N–H and O–H groups in total. The average Bonchev–Trinajstić information content (AvgIpc) is 3.16. The fourth-order valence-corrected chi connectivity index (χ4v) is 3.87. The Balaban J connectivity index is 1.50. The summed E-state index contributed by atoms with van der Waals surface area (Å²) in [5.41, 5.74) is 3.54. The van der Waals surface area contributed by atoms with Crippen LogP contribution in [0.5, 0.6) is 0 Å². The highest BCUT2D eigenvalue weighted by Gasteiger charge is 2.15.